The van der Waals surface area contributed by atoms with Gasteiger partial charge in [0.25, 0.3) is 0 Å². The van der Waals surface area contributed by atoms with Gasteiger partial charge in [0.05, 0.1) is 13.2 Å². The molecule has 0 bridgehead atoms. The second kappa shape index (κ2) is 4.22. The first kappa shape index (κ1) is 9.19. The molecule has 3 heteroatoms. The Morgan fingerprint density at radius 1 is 1.31 bits per heavy atom. The van der Waals surface area contributed by atoms with E-state index >= 15 is 0 Å². The molecule has 0 aliphatic carbocycles. The van der Waals surface area contributed by atoms with Crippen LogP contribution in [0, 0.1) is 0 Å². The lowest BCUT2D eigenvalue weighted by Crippen LogP contribution is -1.98. The number of ether oxygens (including phenoxy) is 2. The largest absolute Gasteiger partial charge is 0.346 e. The summed E-state index contributed by atoms with van der Waals surface area (Å²) in [6.07, 6.45) is -0.154. The Morgan fingerprint density at radius 2 is 2.08 bits per heavy atom. The van der Waals surface area contributed by atoms with Crippen LogP contribution in [0.5, 0.6) is 0 Å². The Labute approximate surface area is 86.0 Å². The van der Waals surface area contributed by atoms with Gasteiger partial charge in [0.2, 0.25) is 0 Å². The third-order valence-corrected chi connectivity index (χ3v) is 2.65. The number of hydrogen-bond acceptors (Lipinski definition) is 2. The lowest BCUT2D eigenvalue weighted by Gasteiger charge is -2.09. The van der Waals surface area contributed by atoms with Crippen molar-refractivity contribution >= 4 is 15.9 Å². The van der Waals surface area contributed by atoms with Gasteiger partial charge in [-0.25, -0.2) is 0 Å². The molecule has 1 saturated heterocycles. The minimum absolute atomic E-state index is 0.154. The molecule has 0 aromatic heterocycles. The quantitative estimate of drug-likeness (QED) is 0.743. The molecular formula is C10H11BrO2. The van der Waals surface area contributed by atoms with E-state index in [0.29, 0.717) is 13.2 Å². The van der Waals surface area contributed by atoms with Gasteiger partial charge in [-0.1, -0.05) is 34.1 Å². The average Bonchev–Trinajstić information content (AvgIpc) is 2.71. The van der Waals surface area contributed by atoms with Crippen LogP contribution in [0.25, 0.3) is 0 Å². The lowest BCUT2D eigenvalue weighted by molar-refractivity contribution is -0.0441. The highest BCUT2D eigenvalue weighted by Gasteiger charge is 2.17. The van der Waals surface area contributed by atoms with E-state index in [1.54, 1.807) is 0 Å². The van der Waals surface area contributed by atoms with Crippen LogP contribution in [-0.2, 0) is 14.8 Å². The van der Waals surface area contributed by atoms with E-state index in [1.165, 1.54) is 5.56 Å². The van der Waals surface area contributed by atoms with Gasteiger partial charge in [-0.3, -0.25) is 0 Å². The van der Waals surface area contributed by atoms with Gasteiger partial charge in [-0.05, 0) is 11.6 Å². The van der Waals surface area contributed by atoms with Gasteiger partial charge >= 0.3 is 0 Å². The van der Waals surface area contributed by atoms with Crippen molar-refractivity contribution in [2.45, 2.75) is 11.6 Å². The number of benzene rings is 1. The van der Waals surface area contributed by atoms with Gasteiger partial charge in [-0.15, -0.1) is 0 Å². The Kier molecular flexibility index (Phi) is 2.98. The maximum Gasteiger partial charge on any atom is 0.184 e. The minimum Gasteiger partial charge on any atom is -0.346 e. The molecular weight excluding hydrogens is 232 g/mol. The zero-order chi connectivity index (χ0) is 9.10. The van der Waals surface area contributed by atoms with Gasteiger partial charge in [0.15, 0.2) is 6.29 Å². The number of alkyl halides is 1. The van der Waals surface area contributed by atoms with E-state index in [2.05, 4.69) is 28.1 Å². The first-order chi connectivity index (χ1) is 6.40. The van der Waals surface area contributed by atoms with Gasteiger partial charge in [-0.2, -0.15) is 0 Å². The number of halogens is 1. The molecule has 0 amide bonds. The average molecular weight is 243 g/mol. The molecule has 1 aliphatic rings. The summed E-state index contributed by atoms with van der Waals surface area (Å²) in [6, 6.07) is 8.23. The SMILES string of the molecule is BrCc1cccc(C2OCCO2)c1. The van der Waals surface area contributed by atoms with Crippen LogP contribution in [0.1, 0.15) is 17.4 Å². The summed E-state index contributed by atoms with van der Waals surface area (Å²) in [7, 11) is 0. The standard InChI is InChI=1S/C10H11BrO2/c11-7-8-2-1-3-9(6-8)10-12-4-5-13-10/h1-3,6,10H,4-5,7H2. The normalized spacial score (nSPS) is 17.9. The maximum atomic E-state index is 5.40. The molecule has 1 fully saturated rings. The van der Waals surface area contributed by atoms with E-state index in [1.807, 2.05) is 12.1 Å². The zero-order valence-corrected chi connectivity index (χ0v) is 8.79. The van der Waals surface area contributed by atoms with Crippen LogP contribution >= 0.6 is 15.9 Å². The fraction of sp³-hybridized carbons (Fsp3) is 0.400. The molecule has 2 nitrogen and oxygen atoms in total. The summed E-state index contributed by atoms with van der Waals surface area (Å²) in [6.45, 7) is 1.40. The summed E-state index contributed by atoms with van der Waals surface area (Å²) in [5.74, 6) is 0. The first-order valence-electron chi connectivity index (χ1n) is 4.28. The fourth-order valence-corrected chi connectivity index (χ4v) is 1.72. The van der Waals surface area contributed by atoms with Crippen LogP contribution in [0.4, 0.5) is 0 Å². The molecule has 1 aliphatic heterocycles. The summed E-state index contributed by atoms with van der Waals surface area (Å²) >= 11 is 3.42. The van der Waals surface area contributed by atoms with Gasteiger partial charge in [0.1, 0.15) is 0 Å². The van der Waals surface area contributed by atoms with Crippen molar-refractivity contribution < 1.29 is 9.47 Å². The fourth-order valence-electron chi connectivity index (χ4n) is 1.37. The maximum absolute atomic E-state index is 5.40. The Hall–Kier alpha value is -0.380. The Bertz CT molecular complexity index is 282. The summed E-state index contributed by atoms with van der Waals surface area (Å²) < 4.78 is 10.8. The molecule has 1 heterocycles. The van der Waals surface area contributed by atoms with E-state index in [4.69, 9.17) is 9.47 Å². The highest BCUT2D eigenvalue weighted by molar-refractivity contribution is 9.08. The molecule has 1 aromatic rings. The van der Waals surface area contributed by atoms with Crippen molar-refractivity contribution in [3.05, 3.63) is 35.4 Å². The van der Waals surface area contributed by atoms with E-state index in [-0.39, 0.29) is 6.29 Å². The van der Waals surface area contributed by atoms with Crippen LogP contribution in [0.15, 0.2) is 24.3 Å². The molecule has 0 spiro atoms. The molecule has 0 N–H and O–H groups in total. The molecule has 70 valence electrons. The monoisotopic (exact) mass is 242 g/mol. The lowest BCUT2D eigenvalue weighted by atomic mass is 10.1. The van der Waals surface area contributed by atoms with Crippen molar-refractivity contribution in [1.82, 2.24) is 0 Å². The predicted molar refractivity (Wildman–Crippen MR) is 53.7 cm³/mol. The number of hydrogen-bond donors (Lipinski definition) is 0. The molecule has 0 radical (unpaired) electrons. The van der Waals surface area contributed by atoms with Crippen molar-refractivity contribution in [3.8, 4) is 0 Å². The van der Waals surface area contributed by atoms with Crippen LogP contribution in [0.3, 0.4) is 0 Å². The highest BCUT2D eigenvalue weighted by atomic mass is 79.9. The topological polar surface area (TPSA) is 18.5 Å². The first-order valence-corrected chi connectivity index (χ1v) is 5.40. The third kappa shape index (κ3) is 2.10. The molecule has 2 rings (SSSR count). The summed E-state index contributed by atoms with van der Waals surface area (Å²) in [5.41, 5.74) is 2.35. The second-order valence-corrected chi connectivity index (χ2v) is 3.51. The highest BCUT2D eigenvalue weighted by Crippen LogP contribution is 2.24. The predicted octanol–water partition coefficient (Wildman–Crippen LogP) is 2.63. The Morgan fingerprint density at radius 3 is 2.77 bits per heavy atom. The van der Waals surface area contributed by atoms with Gasteiger partial charge in [0, 0.05) is 10.9 Å². The van der Waals surface area contributed by atoms with E-state index < -0.39 is 0 Å². The molecule has 0 unspecified atom stereocenters. The molecule has 1 aromatic carbocycles. The molecule has 0 atom stereocenters. The van der Waals surface area contributed by atoms with Crippen molar-refractivity contribution in [3.63, 3.8) is 0 Å². The van der Waals surface area contributed by atoms with E-state index in [0.717, 1.165) is 10.9 Å². The minimum atomic E-state index is -0.154. The summed E-state index contributed by atoms with van der Waals surface area (Å²) in [5, 5.41) is 0.869. The van der Waals surface area contributed by atoms with Crippen LogP contribution < -0.4 is 0 Å². The van der Waals surface area contributed by atoms with Crippen molar-refractivity contribution in [2.75, 3.05) is 13.2 Å². The molecule has 0 saturated carbocycles. The number of rotatable bonds is 2. The second-order valence-electron chi connectivity index (χ2n) is 2.95. The Balaban J connectivity index is 2.18. The smallest absolute Gasteiger partial charge is 0.184 e. The zero-order valence-electron chi connectivity index (χ0n) is 7.20. The van der Waals surface area contributed by atoms with Crippen molar-refractivity contribution in [1.29, 1.82) is 0 Å². The van der Waals surface area contributed by atoms with Crippen molar-refractivity contribution in [2.24, 2.45) is 0 Å². The molecule has 13 heavy (non-hydrogen) atoms. The van der Waals surface area contributed by atoms with E-state index in [9.17, 15) is 0 Å². The van der Waals surface area contributed by atoms with Gasteiger partial charge < -0.3 is 9.47 Å². The van der Waals surface area contributed by atoms with Crippen LogP contribution in [-0.4, -0.2) is 13.2 Å². The summed E-state index contributed by atoms with van der Waals surface area (Å²) in [4.78, 5) is 0. The third-order valence-electron chi connectivity index (χ3n) is 2.00. The van der Waals surface area contributed by atoms with Crippen LogP contribution in [0.2, 0.25) is 0 Å².